The zero-order valence-corrected chi connectivity index (χ0v) is 26.8. The van der Waals surface area contributed by atoms with Crippen LogP contribution in [0.3, 0.4) is 0 Å². The van der Waals surface area contributed by atoms with Crippen molar-refractivity contribution in [2.45, 2.75) is 84.5 Å². The number of amides is 1. The molecule has 1 aromatic heterocycles. The number of carboxylic acid groups (broad SMARTS) is 1. The maximum Gasteiger partial charge on any atom is 0.305 e. The molecule has 2 aliphatic rings. The van der Waals surface area contributed by atoms with Crippen molar-refractivity contribution in [2.24, 2.45) is 5.92 Å². The molecule has 2 atom stereocenters. The fourth-order valence-electron chi connectivity index (χ4n) is 6.95. The molecule has 0 unspecified atom stereocenters. The van der Waals surface area contributed by atoms with Gasteiger partial charge in [-0.1, -0.05) is 19.9 Å². The lowest BCUT2D eigenvalue weighted by Crippen LogP contribution is -2.49. The predicted octanol–water partition coefficient (Wildman–Crippen LogP) is 6.01. The first-order valence-corrected chi connectivity index (χ1v) is 16.0. The van der Waals surface area contributed by atoms with Crippen LogP contribution in [0.2, 0.25) is 0 Å². The maximum absolute atomic E-state index is 15.0. The van der Waals surface area contributed by atoms with Crippen molar-refractivity contribution in [1.82, 2.24) is 14.8 Å². The number of aromatic nitrogens is 1. The number of hydrogen-bond acceptors (Lipinski definition) is 4. The molecule has 1 amide bonds. The summed E-state index contributed by atoms with van der Waals surface area (Å²) in [5.41, 5.74) is 5.69. The second-order valence-corrected chi connectivity index (χ2v) is 13.3. The van der Waals surface area contributed by atoms with Crippen molar-refractivity contribution in [3.63, 3.8) is 0 Å². The van der Waals surface area contributed by atoms with E-state index >= 15 is 0 Å². The van der Waals surface area contributed by atoms with Crippen molar-refractivity contribution in [2.75, 3.05) is 19.6 Å². The smallest absolute Gasteiger partial charge is 0.305 e. The van der Waals surface area contributed by atoms with E-state index in [0.717, 1.165) is 63.3 Å². The number of carbonyl (C=O) groups is 2. The van der Waals surface area contributed by atoms with Crippen LogP contribution in [0.4, 0.5) is 13.2 Å². The SMILES string of the molecule is Cc1cc(F)cc(C)c1-c1cc([C@@H](CC(=O)O)NC(=O)[C@H](CC(C)C)n2cc(CCN3CC(F)C3)cc(F)c2=O)cc2c1CCC2. The number of carboxylic acids is 1. The average molecular weight is 638 g/mol. The summed E-state index contributed by atoms with van der Waals surface area (Å²) < 4.78 is 43.6. The van der Waals surface area contributed by atoms with E-state index in [1.54, 1.807) is 0 Å². The molecule has 1 saturated heterocycles. The normalized spacial score (nSPS) is 16.3. The van der Waals surface area contributed by atoms with E-state index < -0.39 is 47.9 Å². The van der Waals surface area contributed by atoms with Crippen molar-refractivity contribution < 1.29 is 27.9 Å². The Labute approximate surface area is 267 Å². The van der Waals surface area contributed by atoms with Crippen LogP contribution in [0.15, 0.2) is 41.3 Å². The molecule has 7 nitrogen and oxygen atoms in total. The van der Waals surface area contributed by atoms with Gasteiger partial charge in [-0.3, -0.25) is 19.3 Å². The molecule has 5 rings (SSSR count). The minimum Gasteiger partial charge on any atom is -0.481 e. The van der Waals surface area contributed by atoms with Crippen LogP contribution < -0.4 is 10.9 Å². The Morgan fingerprint density at radius 1 is 1.04 bits per heavy atom. The Bertz CT molecular complexity index is 1670. The predicted molar refractivity (Wildman–Crippen MR) is 171 cm³/mol. The van der Waals surface area contributed by atoms with E-state index in [0.29, 0.717) is 37.2 Å². The van der Waals surface area contributed by atoms with Gasteiger partial charge in [-0.2, -0.15) is 0 Å². The molecule has 1 aliphatic carbocycles. The fraction of sp³-hybridized carbons (Fsp3) is 0.472. The van der Waals surface area contributed by atoms with Crippen LogP contribution in [0.1, 0.15) is 78.6 Å². The van der Waals surface area contributed by atoms with E-state index in [9.17, 15) is 32.7 Å². The fourth-order valence-corrected chi connectivity index (χ4v) is 6.95. The first kappa shape index (κ1) is 33.4. The standard InChI is InChI=1S/C36H42F3N3O4/c1-20(2)10-32(42-17-23(13-30(39)36(42)46)8-9-41-18-27(38)19-41)35(45)40-31(16-33(43)44)25-14-24-6-5-7-28(24)29(15-25)34-21(3)11-26(37)12-22(34)4/h11-15,17,20,27,31-32H,5-10,16,18-19H2,1-4H3,(H,40,45)(H,43,44)/t31-,32+/m1/s1. The molecule has 0 saturated carbocycles. The largest absolute Gasteiger partial charge is 0.481 e. The van der Waals surface area contributed by atoms with Gasteiger partial charge in [0.15, 0.2) is 5.82 Å². The van der Waals surface area contributed by atoms with Gasteiger partial charge < -0.3 is 15.0 Å². The number of halogens is 3. The summed E-state index contributed by atoms with van der Waals surface area (Å²) in [7, 11) is 0. The van der Waals surface area contributed by atoms with E-state index in [2.05, 4.69) is 5.32 Å². The minimum absolute atomic E-state index is 0.0501. The third-order valence-corrected chi connectivity index (χ3v) is 9.12. The van der Waals surface area contributed by atoms with Gasteiger partial charge in [0.25, 0.3) is 5.56 Å². The average Bonchev–Trinajstić information content (AvgIpc) is 3.43. The van der Waals surface area contributed by atoms with E-state index in [1.165, 1.54) is 18.3 Å². The van der Waals surface area contributed by atoms with Crippen molar-refractivity contribution in [3.8, 4) is 11.1 Å². The quantitative estimate of drug-likeness (QED) is 0.254. The summed E-state index contributed by atoms with van der Waals surface area (Å²) in [6.45, 7) is 8.59. The summed E-state index contributed by atoms with van der Waals surface area (Å²) in [5, 5.41) is 12.8. The van der Waals surface area contributed by atoms with Crippen LogP contribution in [0, 0.1) is 31.4 Å². The third-order valence-electron chi connectivity index (χ3n) is 9.12. The Morgan fingerprint density at radius 3 is 2.37 bits per heavy atom. The van der Waals surface area contributed by atoms with Crippen LogP contribution in [0.5, 0.6) is 0 Å². The summed E-state index contributed by atoms with van der Waals surface area (Å²) in [5.74, 6) is -3.07. The molecule has 1 fully saturated rings. The second-order valence-electron chi connectivity index (χ2n) is 13.3. The highest BCUT2D eigenvalue weighted by atomic mass is 19.1. The van der Waals surface area contributed by atoms with Gasteiger partial charge in [0.05, 0.1) is 12.5 Å². The van der Waals surface area contributed by atoms with Crippen molar-refractivity contribution in [1.29, 1.82) is 0 Å². The Morgan fingerprint density at radius 2 is 1.74 bits per heavy atom. The zero-order chi connectivity index (χ0) is 33.3. The number of hydrogen-bond donors (Lipinski definition) is 2. The summed E-state index contributed by atoms with van der Waals surface area (Å²) in [4.78, 5) is 41.1. The number of benzene rings is 2. The van der Waals surface area contributed by atoms with Crippen LogP contribution in [-0.4, -0.2) is 52.3 Å². The van der Waals surface area contributed by atoms with E-state index in [-0.39, 0.29) is 18.2 Å². The summed E-state index contributed by atoms with van der Waals surface area (Å²) >= 11 is 0. The van der Waals surface area contributed by atoms with Gasteiger partial charge in [-0.25, -0.2) is 13.2 Å². The number of rotatable bonds is 12. The number of pyridine rings is 1. The Kier molecular flexibility index (Phi) is 10.1. The molecule has 1 aliphatic heterocycles. The minimum atomic E-state index is -1.12. The third kappa shape index (κ3) is 7.38. The van der Waals surface area contributed by atoms with Crippen LogP contribution in [0.25, 0.3) is 11.1 Å². The van der Waals surface area contributed by atoms with Crippen molar-refractivity contribution in [3.05, 3.63) is 91.9 Å². The Hall–Kier alpha value is -3.92. The number of fused-ring (bicyclic) bond motifs is 1. The second kappa shape index (κ2) is 13.8. The monoisotopic (exact) mass is 637 g/mol. The summed E-state index contributed by atoms with van der Waals surface area (Å²) in [6, 6.07) is 5.94. The number of aryl methyl sites for hydroxylation is 3. The van der Waals surface area contributed by atoms with E-state index in [4.69, 9.17) is 0 Å². The molecule has 0 radical (unpaired) electrons. The van der Waals surface area contributed by atoms with Gasteiger partial charge in [-0.05, 0) is 121 Å². The highest BCUT2D eigenvalue weighted by Crippen LogP contribution is 2.39. The first-order valence-electron chi connectivity index (χ1n) is 16.0. The molecular weight excluding hydrogens is 595 g/mol. The Balaban J connectivity index is 1.50. The molecule has 2 heterocycles. The van der Waals surface area contributed by atoms with Gasteiger partial charge in [-0.15, -0.1) is 0 Å². The lowest BCUT2D eigenvalue weighted by molar-refractivity contribution is -0.138. The van der Waals surface area contributed by atoms with Gasteiger partial charge in [0.2, 0.25) is 5.91 Å². The molecule has 3 aromatic rings. The molecule has 2 aromatic carbocycles. The number of aliphatic carboxylic acids is 1. The van der Waals surface area contributed by atoms with Gasteiger partial charge in [0, 0.05) is 25.8 Å². The lowest BCUT2D eigenvalue weighted by atomic mass is 9.87. The van der Waals surface area contributed by atoms with Gasteiger partial charge >= 0.3 is 5.97 Å². The number of likely N-dealkylation sites (tertiary alicyclic amines) is 1. The van der Waals surface area contributed by atoms with E-state index in [1.807, 2.05) is 44.7 Å². The van der Waals surface area contributed by atoms with Crippen LogP contribution in [-0.2, 0) is 28.9 Å². The lowest BCUT2D eigenvalue weighted by Gasteiger charge is -2.34. The molecule has 46 heavy (non-hydrogen) atoms. The highest BCUT2D eigenvalue weighted by molar-refractivity contribution is 5.82. The van der Waals surface area contributed by atoms with Crippen LogP contribution >= 0.6 is 0 Å². The maximum atomic E-state index is 15.0. The van der Waals surface area contributed by atoms with Crippen molar-refractivity contribution >= 4 is 11.9 Å². The number of nitrogens with zero attached hydrogens (tertiary/aromatic N) is 2. The molecule has 10 heteroatoms. The topological polar surface area (TPSA) is 91.6 Å². The number of carbonyl (C=O) groups excluding carboxylic acids is 1. The molecular formula is C36H42F3N3O4. The zero-order valence-electron chi connectivity index (χ0n) is 26.8. The molecule has 0 bridgehead atoms. The number of alkyl halides is 1. The molecule has 246 valence electrons. The van der Waals surface area contributed by atoms with Gasteiger partial charge in [0.1, 0.15) is 18.0 Å². The highest BCUT2D eigenvalue weighted by Gasteiger charge is 2.30. The number of nitrogens with one attached hydrogen (secondary N) is 1. The summed E-state index contributed by atoms with van der Waals surface area (Å²) in [6.07, 6.45) is 3.37. The molecule has 2 N–H and O–H groups in total. The molecule has 0 spiro atoms. The first-order chi connectivity index (χ1) is 21.8.